The summed E-state index contributed by atoms with van der Waals surface area (Å²) in [4.78, 5) is 12.2. The maximum atomic E-state index is 13.4. The van der Waals surface area contributed by atoms with Gasteiger partial charge in [0.25, 0.3) is 5.92 Å². The molecule has 0 aliphatic heterocycles. The van der Waals surface area contributed by atoms with E-state index < -0.39 is 17.8 Å². The summed E-state index contributed by atoms with van der Waals surface area (Å²) >= 11 is 0. The van der Waals surface area contributed by atoms with E-state index in [0.717, 1.165) is 16.5 Å². The second-order valence-corrected chi connectivity index (χ2v) is 7.23. The predicted molar refractivity (Wildman–Crippen MR) is 94.3 cm³/mol. The lowest BCUT2D eigenvalue weighted by Crippen LogP contribution is -2.21. The SMILES string of the molecule is O=C(OCCOc1cccc2ccccc12)C1CCC2C(CC1)C2(F)F. The molecule has 138 valence electrons. The minimum atomic E-state index is -2.50. The zero-order valence-corrected chi connectivity index (χ0v) is 14.5. The first-order chi connectivity index (χ1) is 12.6. The molecule has 4 rings (SSSR count). The van der Waals surface area contributed by atoms with Gasteiger partial charge in [0.15, 0.2) is 0 Å². The smallest absolute Gasteiger partial charge is 0.309 e. The van der Waals surface area contributed by atoms with Crippen molar-refractivity contribution in [1.29, 1.82) is 0 Å². The first kappa shape index (κ1) is 17.3. The molecular weight excluding hydrogens is 338 g/mol. The van der Waals surface area contributed by atoms with Gasteiger partial charge in [-0.25, -0.2) is 8.78 Å². The number of halogens is 2. The maximum Gasteiger partial charge on any atom is 0.309 e. The number of alkyl halides is 2. The van der Waals surface area contributed by atoms with Crippen molar-refractivity contribution in [3.8, 4) is 5.75 Å². The number of carbonyl (C=O) groups is 1. The number of fused-ring (bicyclic) bond motifs is 2. The van der Waals surface area contributed by atoms with Gasteiger partial charge in [-0.3, -0.25) is 4.79 Å². The monoisotopic (exact) mass is 360 g/mol. The fourth-order valence-corrected chi connectivity index (χ4v) is 4.12. The van der Waals surface area contributed by atoms with E-state index in [1.54, 1.807) is 0 Å². The van der Waals surface area contributed by atoms with Crippen LogP contribution in [0.1, 0.15) is 25.7 Å². The summed E-state index contributed by atoms with van der Waals surface area (Å²) in [6, 6.07) is 13.8. The standard InChI is InChI=1S/C21H22F2O3/c22-21(23)17-10-8-15(9-11-18(17)21)20(24)26-13-12-25-19-7-3-5-14-4-1-2-6-16(14)19/h1-7,15,17-18H,8-13H2. The van der Waals surface area contributed by atoms with Crippen molar-refractivity contribution < 1.29 is 23.0 Å². The Morgan fingerprint density at radius 2 is 1.65 bits per heavy atom. The quantitative estimate of drug-likeness (QED) is 0.566. The van der Waals surface area contributed by atoms with Crippen LogP contribution in [-0.2, 0) is 9.53 Å². The number of esters is 1. The minimum Gasteiger partial charge on any atom is -0.489 e. The Morgan fingerprint density at radius 1 is 0.962 bits per heavy atom. The van der Waals surface area contributed by atoms with Crippen LogP contribution >= 0.6 is 0 Å². The molecule has 3 nitrogen and oxygen atoms in total. The highest BCUT2D eigenvalue weighted by molar-refractivity contribution is 5.88. The lowest BCUT2D eigenvalue weighted by molar-refractivity contribution is -0.150. The maximum absolute atomic E-state index is 13.4. The van der Waals surface area contributed by atoms with E-state index in [4.69, 9.17) is 9.47 Å². The first-order valence-electron chi connectivity index (χ1n) is 9.22. The van der Waals surface area contributed by atoms with Crippen LogP contribution in [0.3, 0.4) is 0 Å². The average molecular weight is 360 g/mol. The summed E-state index contributed by atoms with van der Waals surface area (Å²) in [5.74, 6) is -3.31. The van der Waals surface area contributed by atoms with Crippen molar-refractivity contribution in [2.24, 2.45) is 17.8 Å². The van der Waals surface area contributed by atoms with Crippen LogP contribution in [-0.4, -0.2) is 25.1 Å². The van der Waals surface area contributed by atoms with E-state index in [1.165, 1.54) is 0 Å². The topological polar surface area (TPSA) is 35.5 Å². The highest BCUT2D eigenvalue weighted by Gasteiger charge is 2.67. The van der Waals surface area contributed by atoms with Crippen molar-refractivity contribution in [3.05, 3.63) is 42.5 Å². The molecule has 2 aromatic rings. The second kappa shape index (κ2) is 6.86. The van der Waals surface area contributed by atoms with Gasteiger partial charge in [0.05, 0.1) is 5.92 Å². The summed E-state index contributed by atoms with van der Waals surface area (Å²) in [5.41, 5.74) is 0. The molecule has 2 fully saturated rings. The van der Waals surface area contributed by atoms with E-state index in [-0.39, 0.29) is 25.1 Å². The fourth-order valence-electron chi connectivity index (χ4n) is 4.12. The van der Waals surface area contributed by atoms with Crippen LogP contribution in [0.4, 0.5) is 8.78 Å². The third-order valence-electron chi connectivity index (χ3n) is 5.69. The highest BCUT2D eigenvalue weighted by Crippen LogP contribution is 2.61. The Bertz CT molecular complexity index is 783. The number of rotatable bonds is 5. The molecule has 2 unspecified atom stereocenters. The largest absolute Gasteiger partial charge is 0.489 e. The Hall–Kier alpha value is -2.17. The molecule has 2 saturated carbocycles. The van der Waals surface area contributed by atoms with Crippen LogP contribution in [0.25, 0.3) is 10.8 Å². The summed E-state index contributed by atoms with van der Waals surface area (Å²) in [6.07, 6.45) is 1.84. The van der Waals surface area contributed by atoms with Crippen LogP contribution in [0, 0.1) is 17.8 Å². The van der Waals surface area contributed by atoms with Gasteiger partial charge in [-0.15, -0.1) is 0 Å². The normalized spacial score (nSPS) is 26.6. The highest BCUT2D eigenvalue weighted by atomic mass is 19.3. The summed E-state index contributed by atoms with van der Waals surface area (Å²) in [7, 11) is 0. The second-order valence-electron chi connectivity index (χ2n) is 7.23. The van der Waals surface area contributed by atoms with E-state index in [0.29, 0.717) is 25.7 Å². The molecule has 0 radical (unpaired) electrons. The number of hydrogen-bond acceptors (Lipinski definition) is 3. The summed E-state index contributed by atoms with van der Waals surface area (Å²) < 4.78 is 37.9. The molecule has 0 N–H and O–H groups in total. The van der Waals surface area contributed by atoms with Gasteiger partial charge in [-0.1, -0.05) is 36.4 Å². The van der Waals surface area contributed by atoms with Gasteiger partial charge in [-0.05, 0) is 37.1 Å². The zero-order chi connectivity index (χ0) is 18.1. The van der Waals surface area contributed by atoms with Gasteiger partial charge < -0.3 is 9.47 Å². The van der Waals surface area contributed by atoms with E-state index in [2.05, 4.69) is 0 Å². The van der Waals surface area contributed by atoms with Gasteiger partial charge in [-0.2, -0.15) is 0 Å². The predicted octanol–water partition coefficient (Wildman–Crippen LogP) is 4.83. The molecule has 0 saturated heterocycles. The van der Waals surface area contributed by atoms with E-state index in [1.807, 2.05) is 42.5 Å². The van der Waals surface area contributed by atoms with Crippen molar-refractivity contribution in [3.63, 3.8) is 0 Å². The Morgan fingerprint density at radius 3 is 2.42 bits per heavy atom. The number of ether oxygens (including phenoxy) is 2. The Balaban J connectivity index is 1.24. The summed E-state index contributed by atoms with van der Waals surface area (Å²) in [5, 5.41) is 2.11. The summed E-state index contributed by atoms with van der Waals surface area (Å²) in [6.45, 7) is 0.442. The van der Waals surface area contributed by atoms with Crippen LogP contribution in [0.5, 0.6) is 5.75 Å². The van der Waals surface area contributed by atoms with Gasteiger partial charge in [0.2, 0.25) is 0 Å². The van der Waals surface area contributed by atoms with Crippen LogP contribution in [0.2, 0.25) is 0 Å². The minimum absolute atomic E-state index is 0.168. The molecule has 2 aliphatic rings. The number of benzene rings is 2. The average Bonchev–Trinajstić information content (AvgIpc) is 3.27. The molecular formula is C21H22F2O3. The van der Waals surface area contributed by atoms with Crippen LogP contribution in [0.15, 0.2) is 42.5 Å². The van der Waals surface area contributed by atoms with Crippen molar-refractivity contribution in [1.82, 2.24) is 0 Å². The van der Waals surface area contributed by atoms with Gasteiger partial charge in [0, 0.05) is 17.2 Å². The molecule has 0 amide bonds. The fraction of sp³-hybridized carbons (Fsp3) is 0.476. The Labute approximate surface area is 151 Å². The molecule has 0 spiro atoms. The zero-order valence-electron chi connectivity index (χ0n) is 14.5. The first-order valence-corrected chi connectivity index (χ1v) is 9.22. The molecule has 5 heteroatoms. The Kier molecular flexibility index (Phi) is 4.55. The lowest BCUT2D eigenvalue weighted by Gasteiger charge is -2.15. The van der Waals surface area contributed by atoms with Crippen molar-refractivity contribution in [2.75, 3.05) is 13.2 Å². The van der Waals surface area contributed by atoms with Gasteiger partial charge >= 0.3 is 5.97 Å². The molecule has 2 atom stereocenters. The molecule has 26 heavy (non-hydrogen) atoms. The third kappa shape index (κ3) is 3.27. The van der Waals surface area contributed by atoms with Gasteiger partial charge in [0.1, 0.15) is 19.0 Å². The van der Waals surface area contributed by atoms with E-state index >= 15 is 0 Å². The molecule has 0 heterocycles. The molecule has 2 aliphatic carbocycles. The number of hydrogen-bond donors (Lipinski definition) is 0. The van der Waals surface area contributed by atoms with Crippen LogP contribution < -0.4 is 4.74 Å². The number of carbonyl (C=O) groups excluding carboxylic acids is 1. The molecule has 2 aromatic carbocycles. The molecule has 0 bridgehead atoms. The molecule has 0 aromatic heterocycles. The van der Waals surface area contributed by atoms with Crippen molar-refractivity contribution >= 4 is 16.7 Å². The van der Waals surface area contributed by atoms with E-state index in [9.17, 15) is 13.6 Å². The third-order valence-corrected chi connectivity index (χ3v) is 5.69. The lowest BCUT2D eigenvalue weighted by atomic mass is 9.98. The van der Waals surface area contributed by atoms with Crippen molar-refractivity contribution in [2.45, 2.75) is 31.6 Å².